The summed E-state index contributed by atoms with van der Waals surface area (Å²) < 4.78 is 5.32. The van der Waals surface area contributed by atoms with Crippen molar-refractivity contribution in [2.24, 2.45) is 0 Å². The Morgan fingerprint density at radius 2 is 2.42 bits per heavy atom. The maximum atomic E-state index is 10.9. The number of carboxylic acids is 1. The van der Waals surface area contributed by atoms with Gasteiger partial charge in [-0.15, -0.1) is 0 Å². The van der Waals surface area contributed by atoms with E-state index in [1.54, 1.807) is 13.0 Å². The third kappa shape index (κ3) is 2.72. The molecular formula is C13H11N3O3. The highest BCUT2D eigenvalue weighted by atomic mass is 16.4. The van der Waals surface area contributed by atoms with Crippen LogP contribution in [0, 0.1) is 18.3 Å². The van der Waals surface area contributed by atoms with Crippen molar-refractivity contribution >= 4 is 11.7 Å². The molecule has 2 aromatic heterocycles. The molecule has 96 valence electrons. The van der Waals surface area contributed by atoms with Gasteiger partial charge in [-0.3, -0.25) is 4.98 Å². The van der Waals surface area contributed by atoms with Gasteiger partial charge in [0.25, 0.3) is 0 Å². The van der Waals surface area contributed by atoms with Gasteiger partial charge in [-0.2, -0.15) is 5.26 Å². The summed E-state index contributed by atoms with van der Waals surface area (Å²) in [5, 5.41) is 20.8. The van der Waals surface area contributed by atoms with Gasteiger partial charge >= 0.3 is 5.97 Å². The summed E-state index contributed by atoms with van der Waals surface area (Å²) in [6.45, 7) is 1.88. The van der Waals surface area contributed by atoms with E-state index < -0.39 is 5.97 Å². The molecule has 0 aliphatic rings. The molecule has 0 saturated heterocycles. The number of hydrogen-bond acceptors (Lipinski definition) is 5. The Bertz CT molecular complexity index is 655. The molecule has 0 unspecified atom stereocenters. The van der Waals surface area contributed by atoms with Gasteiger partial charge in [-0.1, -0.05) is 0 Å². The van der Waals surface area contributed by atoms with Crippen molar-refractivity contribution in [3.8, 4) is 6.07 Å². The van der Waals surface area contributed by atoms with Gasteiger partial charge in [-0.25, -0.2) is 4.79 Å². The number of carbonyl (C=O) groups is 1. The molecule has 0 spiro atoms. The summed E-state index contributed by atoms with van der Waals surface area (Å²) in [4.78, 5) is 14.8. The number of hydrogen-bond donors (Lipinski definition) is 2. The number of nitrogens with zero attached hydrogens (tertiary/aromatic N) is 2. The fourth-order valence-electron chi connectivity index (χ4n) is 1.66. The third-order valence-corrected chi connectivity index (χ3v) is 2.59. The lowest BCUT2D eigenvalue weighted by atomic mass is 10.2. The molecule has 0 radical (unpaired) electrons. The van der Waals surface area contributed by atoms with Crippen LogP contribution in [0.15, 0.2) is 28.9 Å². The average Bonchev–Trinajstić information content (AvgIpc) is 2.78. The largest absolute Gasteiger partial charge is 0.478 e. The summed E-state index contributed by atoms with van der Waals surface area (Å²) in [6.07, 6.45) is 3.07. The van der Waals surface area contributed by atoms with Crippen LogP contribution in [0.1, 0.15) is 27.4 Å². The van der Waals surface area contributed by atoms with Crippen molar-refractivity contribution in [3.05, 3.63) is 47.2 Å². The van der Waals surface area contributed by atoms with Crippen LogP contribution in [0.5, 0.6) is 0 Å². The maximum absolute atomic E-state index is 10.9. The molecule has 0 aromatic carbocycles. The standard InChI is InChI=1S/C13H11N3O3/c1-8-11(13(17)18)4-10(19-8)6-16-12-7-15-3-2-9(12)5-14/h2-4,7,16H,6H2,1H3,(H,17,18). The van der Waals surface area contributed by atoms with Crippen molar-refractivity contribution in [2.45, 2.75) is 13.5 Å². The Labute approximate surface area is 109 Å². The normalized spacial score (nSPS) is 9.89. The lowest BCUT2D eigenvalue weighted by molar-refractivity contribution is 0.0695. The molecule has 6 nitrogen and oxygen atoms in total. The highest BCUT2D eigenvalue weighted by Crippen LogP contribution is 2.17. The van der Waals surface area contributed by atoms with Crippen LogP contribution in [0.2, 0.25) is 0 Å². The molecule has 2 rings (SSSR count). The van der Waals surface area contributed by atoms with Gasteiger partial charge in [-0.05, 0) is 19.1 Å². The Morgan fingerprint density at radius 3 is 3.05 bits per heavy atom. The first-order valence-corrected chi connectivity index (χ1v) is 5.52. The van der Waals surface area contributed by atoms with Gasteiger partial charge in [0, 0.05) is 6.20 Å². The van der Waals surface area contributed by atoms with Crippen molar-refractivity contribution in [1.82, 2.24) is 4.98 Å². The highest BCUT2D eigenvalue weighted by Gasteiger charge is 2.13. The van der Waals surface area contributed by atoms with E-state index in [2.05, 4.69) is 10.3 Å². The average molecular weight is 257 g/mol. The SMILES string of the molecule is Cc1oc(CNc2cnccc2C#N)cc1C(=O)O. The second kappa shape index (κ2) is 5.23. The molecule has 0 saturated carbocycles. The molecule has 0 atom stereocenters. The van der Waals surface area contributed by atoms with E-state index in [1.807, 2.05) is 6.07 Å². The second-order valence-corrected chi connectivity index (χ2v) is 3.87. The Hall–Kier alpha value is -2.81. The first-order valence-electron chi connectivity index (χ1n) is 5.52. The predicted octanol–water partition coefficient (Wildman–Crippen LogP) is 2.16. The maximum Gasteiger partial charge on any atom is 0.339 e. The Balaban J connectivity index is 2.13. The fourth-order valence-corrected chi connectivity index (χ4v) is 1.66. The minimum atomic E-state index is -1.02. The number of pyridine rings is 1. The van der Waals surface area contributed by atoms with Crippen LogP contribution in [0.4, 0.5) is 5.69 Å². The third-order valence-electron chi connectivity index (χ3n) is 2.59. The molecule has 0 aliphatic carbocycles. The van der Waals surface area contributed by atoms with Crippen LogP contribution in [0.25, 0.3) is 0 Å². The zero-order valence-corrected chi connectivity index (χ0v) is 10.2. The summed E-state index contributed by atoms with van der Waals surface area (Å²) in [5.41, 5.74) is 1.19. The minimum Gasteiger partial charge on any atom is -0.478 e. The lowest BCUT2D eigenvalue weighted by Gasteiger charge is -2.04. The van der Waals surface area contributed by atoms with Gasteiger partial charge in [0.15, 0.2) is 0 Å². The number of nitrogens with one attached hydrogen (secondary N) is 1. The van der Waals surface area contributed by atoms with Crippen LogP contribution in [-0.2, 0) is 6.54 Å². The smallest absolute Gasteiger partial charge is 0.339 e. The molecule has 2 aromatic rings. The number of furan rings is 1. The molecule has 0 bridgehead atoms. The monoisotopic (exact) mass is 257 g/mol. The van der Waals surface area contributed by atoms with Crippen LogP contribution in [0.3, 0.4) is 0 Å². The lowest BCUT2D eigenvalue weighted by Crippen LogP contribution is -2.01. The fraction of sp³-hybridized carbons (Fsp3) is 0.154. The van der Waals surface area contributed by atoms with Crippen molar-refractivity contribution in [1.29, 1.82) is 5.26 Å². The number of anilines is 1. The zero-order chi connectivity index (χ0) is 13.8. The highest BCUT2D eigenvalue weighted by molar-refractivity contribution is 5.88. The van der Waals surface area contributed by atoms with Crippen LogP contribution in [-0.4, -0.2) is 16.1 Å². The van der Waals surface area contributed by atoms with E-state index in [-0.39, 0.29) is 12.1 Å². The van der Waals surface area contributed by atoms with Crippen molar-refractivity contribution in [3.63, 3.8) is 0 Å². The molecule has 19 heavy (non-hydrogen) atoms. The molecule has 2 heterocycles. The second-order valence-electron chi connectivity index (χ2n) is 3.87. The Kier molecular flexibility index (Phi) is 3.48. The van der Waals surface area contributed by atoms with E-state index in [0.29, 0.717) is 22.8 Å². The number of aromatic carboxylic acids is 1. The first-order chi connectivity index (χ1) is 9.11. The minimum absolute atomic E-state index is 0.142. The van der Waals surface area contributed by atoms with Crippen LogP contribution >= 0.6 is 0 Å². The summed E-state index contributed by atoms with van der Waals surface area (Å²) in [5.74, 6) is -0.176. The molecule has 0 amide bonds. The quantitative estimate of drug-likeness (QED) is 0.870. The summed E-state index contributed by atoms with van der Waals surface area (Å²) in [7, 11) is 0. The number of aryl methyl sites for hydroxylation is 1. The molecule has 0 aliphatic heterocycles. The summed E-state index contributed by atoms with van der Waals surface area (Å²) >= 11 is 0. The van der Waals surface area contributed by atoms with E-state index >= 15 is 0 Å². The van der Waals surface area contributed by atoms with Crippen molar-refractivity contribution in [2.75, 3.05) is 5.32 Å². The molecule has 2 N–H and O–H groups in total. The van der Waals surface area contributed by atoms with Gasteiger partial charge < -0.3 is 14.8 Å². The number of nitriles is 1. The van der Waals surface area contributed by atoms with Gasteiger partial charge in [0.05, 0.1) is 24.0 Å². The number of carboxylic acid groups (broad SMARTS) is 1. The van der Waals surface area contributed by atoms with E-state index in [0.717, 1.165) is 0 Å². The number of rotatable bonds is 4. The van der Waals surface area contributed by atoms with E-state index in [9.17, 15) is 4.79 Å². The molecule has 0 fully saturated rings. The van der Waals surface area contributed by atoms with Gasteiger partial charge in [0.1, 0.15) is 23.2 Å². The summed E-state index contributed by atoms with van der Waals surface area (Å²) in [6, 6.07) is 5.10. The number of aromatic nitrogens is 1. The topological polar surface area (TPSA) is 99.2 Å². The van der Waals surface area contributed by atoms with E-state index in [4.69, 9.17) is 14.8 Å². The van der Waals surface area contributed by atoms with Crippen LogP contribution < -0.4 is 5.32 Å². The van der Waals surface area contributed by atoms with Crippen molar-refractivity contribution < 1.29 is 14.3 Å². The molecular weight excluding hydrogens is 246 g/mol. The molecule has 6 heteroatoms. The zero-order valence-electron chi connectivity index (χ0n) is 10.2. The Morgan fingerprint density at radius 1 is 1.63 bits per heavy atom. The van der Waals surface area contributed by atoms with Gasteiger partial charge in [0.2, 0.25) is 0 Å². The van der Waals surface area contributed by atoms with E-state index in [1.165, 1.54) is 18.5 Å². The predicted molar refractivity (Wildman–Crippen MR) is 66.7 cm³/mol. The first kappa shape index (κ1) is 12.6.